The second kappa shape index (κ2) is 6.50. The van der Waals surface area contributed by atoms with Gasteiger partial charge in [0.2, 0.25) is 5.28 Å². The van der Waals surface area contributed by atoms with Gasteiger partial charge in [0.25, 0.3) is 0 Å². The van der Waals surface area contributed by atoms with E-state index in [1.807, 2.05) is 11.4 Å². The van der Waals surface area contributed by atoms with Crippen LogP contribution in [0, 0.1) is 5.92 Å². The summed E-state index contributed by atoms with van der Waals surface area (Å²) < 4.78 is 0. The lowest BCUT2D eigenvalue weighted by atomic mass is 9.96. The van der Waals surface area contributed by atoms with Crippen LogP contribution in [-0.2, 0) is 0 Å². The van der Waals surface area contributed by atoms with Gasteiger partial charge < -0.3 is 10.4 Å². The number of nitrogens with one attached hydrogen (secondary N) is 1. The number of hydrogen-bond acceptors (Lipinski definition) is 5. The smallest absolute Gasteiger partial charge is 0.225 e. The lowest BCUT2D eigenvalue weighted by Crippen LogP contribution is -2.28. The molecule has 0 aliphatic carbocycles. The first-order chi connectivity index (χ1) is 9.15. The van der Waals surface area contributed by atoms with Crippen LogP contribution in [0.4, 0.5) is 5.82 Å². The standard InChI is InChI=1S/C13H18ClN3OS/c1-3-8(4-2)10(18)7-15-11-9-5-6-19-12(9)17-13(14)16-11/h5-6,8,10,18H,3-4,7H2,1-2H3,(H,15,16,17). The van der Waals surface area contributed by atoms with Gasteiger partial charge in [-0.05, 0) is 29.0 Å². The van der Waals surface area contributed by atoms with Crippen LogP contribution in [0.2, 0.25) is 5.28 Å². The van der Waals surface area contributed by atoms with Crippen molar-refractivity contribution in [3.63, 3.8) is 0 Å². The number of aromatic nitrogens is 2. The molecule has 0 bridgehead atoms. The molecular weight excluding hydrogens is 282 g/mol. The minimum absolute atomic E-state index is 0.231. The average molecular weight is 300 g/mol. The summed E-state index contributed by atoms with van der Waals surface area (Å²) in [5.74, 6) is 1.00. The molecule has 2 rings (SSSR count). The summed E-state index contributed by atoms with van der Waals surface area (Å²) in [7, 11) is 0. The molecule has 1 atom stereocenters. The molecule has 4 nitrogen and oxygen atoms in total. The summed E-state index contributed by atoms with van der Waals surface area (Å²) >= 11 is 7.42. The molecule has 0 amide bonds. The van der Waals surface area contributed by atoms with Crippen LogP contribution < -0.4 is 5.32 Å². The van der Waals surface area contributed by atoms with Gasteiger partial charge >= 0.3 is 0 Å². The number of anilines is 1. The van der Waals surface area contributed by atoms with Gasteiger partial charge in [-0.15, -0.1) is 11.3 Å². The van der Waals surface area contributed by atoms with Crippen LogP contribution in [0.5, 0.6) is 0 Å². The summed E-state index contributed by atoms with van der Waals surface area (Å²) in [5.41, 5.74) is 0. The molecule has 0 aromatic carbocycles. The number of fused-ring (bicyclic) bond motifs is 1. The van der Waals surface area contributed by atoms with Crippen molar-refractivity contribution in [1.29, 1.82) is 0 Å². The number of nitrogens with zero attached hydrogens (tertiary/aromatic N) is 2. The second-order valence-corrected chi connectivity index (χ2v) is 5.74. The van der Waals surface area contributed by atoms with Gasteiger partial charge in [-0.3, -0.25) is 0 Å². The molecule has 0 spiro atoms. The van der Waals surface area contributed by atoms with Gasteiger partial charge in [0.05, 0.1) is 11.5 Å². The molecule has 0 aliphatic rings. The SMILES string of the molecule is CCC(CC)C(O)CNc1nc(Cl)nc2sccc12. The normalized spacial score (nSPS) is 13.1. The van der Waals surface area contributed by atoms with Gasteiger partial charge in [0, 0.05) is 6.54 Å². The molecule has 2 aromatic heterocycles. The van der Waals surface area contributed by atoms with Crippen LogP contribution in [-0.4, -0.2) is 27.7 Å². The molecule has 2 N–H and O–H groups in total. The van der Waals surface area contributed by atoms with Crippen LogP contribution in [0.3, 0.4) is 0 Å². The van der Waals surface area contributed by atoms with Gasteiger partial charge in [0.1, 0.15) is 10.6 Å². The predicted molar refractivity (Wildman–Crippen MR) is 81.0 cm³/mol. The van der Waals surface area contributed by atoms with Crippen molar-refractivity contribution in [3.05, 3.63) is 16.7 Å². The Morgan fingerprint density at radius 3 is 2.79 bits per heavy atom. The maximum atomic E-state index is 10.1. The molecule has 1 unspecified atom stereocenters. The highest BCUT2D eigenvalue weighted by Gasteiger charge is 2.16. The Kier molecular flexibility index (Phi) is 4.96. The molecule has 6 heteroatoms. The summed E-state index contributed by atoms with van der Waals surface area (Å²) in [4.78, 5) is 9.22. The zero-order valence-corrected chi connectivity index (χ0v) is 12.6. The van der Waals surface area contributed by atoms with Crippen molar-refractivity contribution in [3.8, 4) is 0 Å². The van der Waals surface area contributed by atoms with E-state index in [2.05, 4.69) is 29.1 Å². The average Bonchev–Trinajstić information content (AvgIpc) is 2.85. The van der Waals surface area contributed by atoms with Gasteiger partial charge in [0.15, 0.2) is 0 Å². The van der Waals surface area contributed by atoms with Crippen molar-refractivity contribution in [1.82, 2.24) is 9.97 Å². The molecule has 0 fully saturated rings. The fourth-order valence-electron chi connectivity index (χ4n) is 2.16. The first-order valence-corrected chi connectivity index (χ1v) is 7.74. The number of aliphatic hydroxyl groups is 1. The van der Waals surface area contributed by atoms with E-state index in [0.717, 1.165) is 23.1 Å². The first kappa shape index (κ1) is 14.5. The van der Waals surface area contributed by atoms with E-state index in [1.54, 1.807) is 0 Å². The van der Waals surface area contributed by atoms with E-state index in [0.29, 0.717) is 18.3 Å². The van der Waals surface area contributed by atoms with E-state index in [4.69, 9.17) is 11.6 Å². The highest BCUT2D eigenvalue weighted by molar-refractivity contribution is 7.16. The monoisotopic (exact) mass is 299 g/mol. The highest BCUT2D eigenvalue weighted by Crippen LogP contribution is 2.26. The van der Waals surface area contributed by atoms with Gasteiger partial charge in [-0.25, -0.2) is 9.97 Å². The Morgan fingerprint density at radius 2 is 2.11 bits per heavy atom. The zero-order chi connectivity index (χ0) is 13.8. The molecule has 0 radical (unpaired) electrons. The van der Waals surface area contributed by atoms with E-state index in [-0.39, 0.29) is 11.4 Å². The third-order valence-electron chi connectivity index (χ3n) is 3.37. The van der Waals surface area contributed by atoms with E-state index >= 15 is 0 Å². The summed E-state index contributed by atoms with van der Waals surface area (Å²) in [6.07, 6.45) is 1.56. The Labute approximate surface area is 121 Å². The van der Waals surface area contributed by atoms with Crippen LogP contribution in [0.1, 0.15) is 26.7 Å². The first-order valence-electron chi connectivity index (χ1n) is 6.48. The predicted octanol–water partition coefficient (Wildman–Crippen LogP) is 3.55. The minimum atomic E-state index is -0.377. The number of halogens is 1. The third-order valence-corrected chi connectivity index (χ3v) is 4.34. The molecule has 0 saturated heterocycles. The van der Waals surface area contributed by atoms with Crippen molar-refractivity contribution in [2.45, 2.75) is 32.8 Å². The lowest BCUT2D eigenvalue weighted by molar-refractivity contribution is 0.114. The van der Waals surface area contributed by atoms with Crippen LogP contribution in [0.15, 0.2) is 11.4 Å². The molecule has 0 saturated carbocycles. The van der Waals surface area contributed by atoms with Crippen molar-refractivity contribution < 1.29 is 5.11 Å². The van der Waals surface area contributed by atoms with Crippen LogP contribution >= 0.6 is 22.9 Å². The number of aliphatic hydroxyl groups excluding tert-OH is 1. The molecule has 2 heterocycles. The van der Waals surface area contributed by atoms with Crippen LogP contribution in [0.25, 0.3) is 10.2 Å². The largest absolute Gasteiger partial charge is 0.391 e. The number of hydrogen-bond donors (Lipinski definition) is 2. The van der Waals surface area contributed by atoms with E-state index < -0.39 is 0 Å². The molecule has 2 aromatic rings. The van der Waals surface area contributed by atoms with Gasteiger partial charge in [-0.1, -0.05) is 26.7 Å². The summed E-state index contributed by atoms with van der Waals surface area (Å²) in [5, 5.41) is 16.4. The van der Waals surface area contributed by atoms with Gasteiger partial charge in [-0.2, -0.15) is 0 Å². The molecule has 19 heavy (non-hydrogen) atoms. The molecular formula is C13H18ClN3OS. The van der Waals surface area contributed by atoms with Crippen molar-refractivity contribution in [2.75, 3.05) is 11.9 Å². The van der Waals surface area contributed by atoms with Crippen molar-refractivity contribution in [2.24, 2.45) is 5.92 Å². The quantitative estimate of drug-likeness (QED) is 0.801. The van der Waals surface area contributed by atoms with Crippen molar-refractivity contribution >= 4 is 39.0 Å². The Hall–Kier alpha value is -0.910. The Morgan fingerprint density at radius 1 is 1.37 bits per heavy atom. The van der Waals surface area contributed by atoms with E-state index in [9.17, 15) is 5.11 Å². The molecule has 104 valence electrons. The third kappa shape index (κ3) is 3.35. The Bertz CT molecular complexity index is 542. The maximum absolute atomic E-state index is 10.1. The maximum Gasteiger partial charge on any atom is 0.225 e. The summed E-state index contributed by atoms with van der Waals surface area (Å²) in [6, 6.07) is 1.96. The minimum Gasteiger partial charge on any atom is -0.391 e. The fourth-order valence-corrected chi connectivity index (χ4v) is 3.15. The topological polar surface area (TPSA) is 58.0 Å². The fraction of sp³-hybridized carbons (Fsp3) is 0.538. The number of thiophene rings is 1. The zero-order valence-electron chi connectivity index (χ0n) is 11.1. The second-order valence-electron chi connectivity index (χ2n) is 4.51. The lowest BCUT2D eigenvalue weighted by Gasteiger charge is -2.20. The summed E-state index contributed by atoms with van der Waals surface area (Å²) in [6.45, 7) is 4.66. The Balaban J connectivity index is 2.11. The van der Waals surface area contributed by atoms with E-state index in [1.165, 1.54) is 11.3 Å². The highest BCUT2D eigenvalue weighted by atomic mass is 35.5. The number of rotatable bonds is 6. The molecule has 0 aliphatic heterocycles.